The number of nitrogens with zero attached hydrogens (tertiary/aromatic N) is 1. The third-order valence-corrected chi connectivity index (χ3v) is 6.12. The molecule has 1 fully saturated rings. The zero-order valence-corrected chi connectivity index (χ0v) is 14.6. The van der Waals surface area contributed by atoms with Gasteiger partial charge in [0.25, 0.3) is 0 Å². The van der Waals surface area contributed by atoms with E-state index in [1.165, 1.54) is 11.8 Å². The van der Waals surface area contributed by atoms with Gasteiger partial charge in [0.15, 0.2) is 0 Å². The summed E-state index contributed by atoms with van der Waals surface area (Å²) < 4.78 is 5.19. The topological polar surface area (TPSA) is 70.3 Å². The first-order chi connectivity index (χ1) is 12.1. The van der Waals surface area contributed by atoms with Gasteiger partial charge in [-0.25, -0.2) is 0 Å². The van der Waals surface area contributed by atoms with Crippen molar-refractivity contribution in [3.05, 3.63) is 71.8 Å². The van der Waals surface area contributed by atoms with Crippen LogP contribution >= 0.6 is 11.8 Å². The highest BCUT2D eigenvalue weighted by atomic mass is 32.2. The Balaban J connectivity index is 2.10. The smallest absolute Gasteiger partial charge is 0.322 e. The van der Waals surface area contributed by atoms with E-state index in [-0.39, 0.29) is 11.9 Å². The molecule has 5 heteroatoms. The molecule has 0 aliphatic carbocycles. The fourth-order valence-electron chi connectivity index (χ4n) is 3.29. The van der Waals surface area contributed by atoms with Crippen LogP contribution in [0.3, 0.4) is 0 Å². The molecule has 0 amide bonds. The molecule has 1 saturated heterocycles. The van der Waals surface area contributed by atoms with E-state index in [2.05, 4.69) is 6.07 Å². The van der Waals surface area contributed by atoms with E-state index in [1.54, 1.807) is 31.2 Å². The summed E-state index contributed by atoms with van der Waals surface area (Å²) in [6.45, 7) is 1.96. The van der Waals surface area contributed by atoms with Crippen LogP contribution in [0.1, 0.15) is 23.3 Å². The molecule has 0 radical (unpaired) electrons. The summed E-state index contributed by atoms with van der Waals surface area (Å²) in [5, 5.41) is 20.2. The summed E-state index contributed by atoms with van der Waals surface area (Å²) in [5.41, 5.74) is -0.126. The van der Waals surface area contributed by atoms with Gasteiger partial charge in [-0.2, -0.15) is 5.26 Å². The molecule has 2 aromatic rings. The monoisotopic (exact) mass is 353 g/mol. The fourth-order valence-corrected chi connectivity index (χ4v) is 4.99. The second-order valence-corrected chi connectivity index (χ2v) is 7.15. The Kier molecular flexibility index (Phi) is 5.12. The molecule has 25 heavy (non-hydrogen) atoms. The molecule has 1 N–H and O–H groups in total. The fraction of sp³-hybridized carbons (Fsp3) is 0.300. The summed E-state index contributed by atoms with van der Waals surface area (Å²) in [6, 6.07) is 20.7. The molecule has 4 nitrogen and oxygen atoms in total. The second-order valence-electron chi connectivity index (χ2n) is 5.90. The maximum atomic E-state index is 12.6. The third-order valence-electron chi connectivity index (χ3n) is 4.46. The summed E-state index contributed by atoms with van der Waals surface area (Å²) >= 11 is 1.30. The van der Waals surface area contributed by atoms with E-state index >= 15 is 0 Å². The predicted molar refractivity (Wildman–Crippen MR) is 96.6 cm³/mol. The van der Waals surface area contributed by atoms with Gasteiger partial charge < -0.3 is 9.84 Å². The van der Waals surface area contributed by atoms with Crippen LogP contribution < -0.4 is 0 Å². The first kappa shape index (κ1) is 17.5. The molecule has 0 aromatic heterocycles. The molecule has 0 bridgehead atoms. The van der Waals surface area contributed by atoms with Crippen LogP contribution in [0.15, 0.2) is 60.7 Å². The normalized spacial score (nSPS) is 28.3. The van der Waals surface area contributed by atoms with Gasteiger partial charge in [-0.05, 0) is 18.1 Å². The van der Waals surface area contributed by atoms with E-state index in [4.69, 9.17) is 4.74 Å². The molecule has 0 saturated carbocycles. The maximum absolute atomic E-state index is 12.6. The van der Waals surface area contributed by atoms with Gasteiger partial charge >= 0.3 is 5.97 Å². The van der Waals surface area contributed by atoms with Crippen molar-refractivity contribution in [2.75, 3.05) is 6.61 Å². The first-order valence-electron chi connectivity index (χ1n) is 8.17. The average Bonchev–Trinajstić information content (AvgIpc) is 2.97. The number of nitriles is 1. The number of carbonyl (C=O) groups is 1. The Labute approximate surface area is 151 Å². The summed E-state index contributed by atoms with van der Waals surface area (Å²) in [6.07, 6.45) is 0. The number of hydrogen-bond acceptors (Lipinski definition) is 5. The van der Waals surface area contributed by atoms with Crippen molar-refractivity contribution in [1.82, 2.24) is 0 Å². The molecule has 0 spiro atoms. The van der Waals surface area contributed by atoms with Gasteiger partial charge in [-0.3, -0.25) is 4.79 Å². The highest BCUT2D eigenvalue weighted by Crippen LogP contribution is 2.58. The maximum Gasteiger partial charge on any atom is 0.322 e. The lowest BCUT2D eigenvalue weighted by molar-refractivity contribution is -0.148. The Morgan fingerprint density at radius 2 is 1.80 bits per heavy atom. The molecule has 4 atom stereocenters. The molecular formula is C20H19NO3S. The van der Waals surface area contributed by atoms with Crippen LogP contribution in [0, 0.1) is 17.2 Å². The van der Waals surface area contributed by atoms with Crippen molar-refractivity contribution in [3.8, 4) is 6.07 Å². The number of aliphatic hydroxyl groups is 1. The minimum absolute atomic E-state index is 0.230. The van der Waals surface area contributed by atoms with Gasteiger partial charge in [-0.1, -0.05) is 60.7 Å². The van der Waals surface area contributed by atoms with Crippen LogP contribution in [-0.2, 0) is 15.1 Å². The van der Waals surface area contributed by atoms with Gasteiger partial charge in [0.05, 0.1) is 18.6 Å². The second kappa shape index (κ2) is 7.30. The Bertz CT molecular complexity index is 775. The van der Waals surface area contributed by atoms with E-state index < -0.39 is 22.7 Å². The molecule has 1 aliphatic rings. The molecular weight excluding hydrogens is 334 g/mol. The lowest BCUT2D eigenvalue weighted by atomic mass is 9.76. The number of hydrogen-bond donors (Lipinski definition) is 1. The van der Waals surface area contributed by atoms with E-state index in [1.807, 2.05) is 36.4 Å². The molecule has 128 valence electrons. The number of carbonyl (C=O) groups excluding carboxylic acids is 1. The van der Waals surface area contributed by atoms with E-state index in [9.17, 15) is 15.2 Å². The number of rotatable bonds is 4. The minimum atomic E-state index is -1.60. The third kappa shape index (κ3) is 3.04. The van der Waals surface area contributed by atoms with Crippen LogP contribution in [-0.4, -0.2) is 22.9 Å². The molecule has 1 aliphatic heterocycles. The van der Waals surface area contributed by atoms with Crippen LogP contribution in [0.5, 0.6) is 0 Å². The van der Waals surface area contributed by atoms with Gasteiger partial charge in [0.1, 0.15) is 10.9 Å². The zero-order valence-electron chi connectivity index (χ0n) is 13.8. The van der Waals surface area contributed by atoms with Gasteiger partial charge in [0.2, 0.25) is 0 Å². The van der Waals surface area contributed by atoms with Crippen molar-refractivity contribution in [1.29, 1.82) is 5.26 Å². The molecule has 3 rings (SSSR count). The number of esters is 1. The highest BCUT2D eigenvalue weighted by molar-refractivity contribution is 8.01. The highest BCUT2D eigenvalue weighted by Gasteiger charge is 2.60. The number of thioether (sulfide) groups is 1. The van der Waals surface area contributed by atoms with Gasteiger partial charge in [-0.15, -0.1) is 11.8 Å². The van der Waals surface area contributed by atoms with Crippen molar-refractivity contribution in [2.24, 2.45) is 5.92 Å². The first-order valence-corrected chi connectivity index (χ1v) is 9.11. The van der Waals surface area contributed by atoms with Crippen molar-refractivity contribution in [3.63, 3.8) is 0 Å². The number of ether oxygens (including phenoxy) is 1. The van der Waals surface area contributed by atoms with E-state index in [0.29, 0.717) is 5.56 Å². The summed E-state index contributed by atoms with van der Waals surface area (Å²) in [5.74, 6) is -1.26. The minimum Gasteiger partial charge on any atom is -0.465 e. The van der Waals surface area contributed by atoms with Crippen molar-refractivity contribution in [2.45, 2.75) is 23.0 Å². The van der Waals surface area contributed by atoms with Gasteiger partial charge in [0, 0.05) is 5.25 Å². The van der Waals surface area contributed by atoms with Crippen LogP contribution in [0.25, 0.3) is 0 Å². The standard InChI is InChI=1S/C20H19NO3S/c1-2-24-19(22)18-20(23,15-11-7-4-8-12-15)16(13-21)17(25-18)14-9-5-3-6-10-14/h3-12,16-18,23H,2H2,1H3/t16-,17+,18+,20+/m1/s1. The molecule has 0 unspecified atom stereocenters. The van der Waals surface area contributed by atoms with Crippen LogP contribution in [0.2, 0.25) is 0 Å². The summed E-state index contributed by atoms with van der Waals surface area (Å²) in [4.78, 5) is 12.6. The van der Waals surface area contributed by atoms with Crippen molar-refractivity contribution >= 4 is 17.7 Å². The number of benzene rings is 2. The molecule has 2 aromatic carbocycles. The van der Waals surface area contributed by atoms with Crippen molar-refractivity contribution < 1.29 is 14.6 Å². The Morgan fingerprint density at radius 1 is 1.20 bits per heavy atom. The SMILES string of the molecule is CCOC(=O)[C@@H]1S[C@@H](c2ccccc2)[C@@H](C#N)[C@@]1(O)c1ccccc1. The average molecular weight is 353 g/mol. The lowest BCUT2D eigenvalue weighted by Gasteiger charge is -2.31. The Hall–Kier alpha value is -2.29. The quantitative estimate of drug-likeness (QED) is 0.853. The zero-order chi connectivity index (χ0) is 17.9. The Morgan fingerprint density at radius 3 is 2.36 bits per heavy atom. The van der Waals surface area contributed by atoms with E-state index in [0.717, 1.165) is 5.56 Å². The lowest BCUT2D eigenvalue weighted by Crippen LogP contribution is -2.44. The summed E-state index contributed by atoms with van der Waals surface area (Å²) in [7, 11) is 0. The predicted octanol–water partition coefficient (Wildman–Crippen LogP) is 3.43. The molecule has 1 heterocycles. The van der Waals surface area contributed by atoms with Crippen LogP contribution in [0.4, 0.5) is 0 Å². The largest absolute Gasteiger partial charge is 0.465 e.